The number of alkyl halides is 2. The summed E-state index contributed by atoms with van der Waals surface area (Å²) >= 11 is 0. The Morgan fingerprint density at radius 1 is 1.14 bits per heavy atom. The van der Waals surface area contributed by atoms with Gasteiger partial charge in [-0.2, -0.15) is 0 Å². The predicted molar refractivity (Wildman–Crippen MR) is 129 cm³/mol. The summed E-state index contributed by atoms with van der Waals surface area (Å²) in [7, 11) is 0. The van der Waals surface area contributed by atoms with Crippen LogP contribution in [0.2, 0.25) is 0 Å². The Kier molecular flexibility index (Phi) is 5.18. The highest BCUT2D eigenvalue weighted by atomic mass is 19.3. The summed E-state index contributed by atoms with van der Waals surface area (Å²) in [6.45, 7) is 1.72. The van der Waals surface area contributed by atoms with Crippen LogP contribution in [0.5, 0.6) is 0 Å². The van der Waals surface area contributed by atoms with Crippen molar-refractivity contribution < 1.29 is 27.8 Å². The quantitative estimate of drug-likeness (QED) is 0.326. The van der Waals surface area contributed by atoms with Crippen molar-refractivity contribution in [2.45, 2.75) is 38.5 Å². The van der Waals surface area contributed by atoms with E-state index in [0.717, 1.165) is 28.6 Å². The van der Waals surface area contributed by atoms with Crippen molar-refractivity contribution in [3.63, 3.8) is 0 Å². The largest absolute Gasteiger partial charge is 0.457 e. The van der Waals surface area contributed by atoms with E-state index in [1.165, 1.54) is 12.1 Å². The molecule has 7 nitrogen and oxygen atoms in total. The number of rotatable bonds is 4. The lowest BCUT2D eigenvalue weighted by Gasteiger charge is -2.35. The fourth-order valence-corrected chi connectivity index (χ4v) is 5.06. The van der Waals surface area contributed by atoms with E-state index in [-0.39, 0.29) is 40.8 Å². The Morgan fingerprint density at radius 2 is 1.89 bits per heavy atom. The van der Waals surface area contributed by atoms with Gasteiger partial charge in [0.2, 0.25) is 5.60 Å². The molecule has 0 saturated heterocycles. The molecule has 6 rings (SSSR count). The number of cyclic esters (lactones) is 1. The number of hydrogen-bond acceptors (Lipinski definition) is 6. The summed E-state index contributed by atoms with van der Waals surface area (Å²) in [6, 6.07) is 16.0. The normalized spacial score (nSPS) is 17.8. The number of carbonyl (C=O) groups is 2. The standard InChI is InChI=1S/C28H20F2N2O5/c1-2-28(37-26(34)16-9-7-15(8-10-16)24(29)30)20-12-22-23-18(11-17-5-3-4-6-21(17)31-23)13-32(22)25(33)19(20)14-36-27(28)35/h3-12,24H,2,13-14H2,1H3/t28-/m0/s1. The van der Waals surface area contributed by atoms with Crippen molar-refractivity contribution in [1.82, 2.24) is 9.55 Å². The van der Waals surface area contributed by atoms with Gasteiger partial charge in [0.15, 0.2) is 0 Å². The van der Waals surface area contributed by atoms with E-state index in [1.807, 2.05) is 30.3 Å². The Balaban J connectivity index is 1.47. The van der Waals surface area contributed by atoms with E-state index >= 15 is 0 Å². The van der Waals surface area contributed by atoms with E-state index < -0.39 is 24.0 Å². The van der Waals surface area contributed by atoms with Crippen LogP contribution in [0.3, 0.4) is 0 Å². The second-order valence-electron chi connectivity index (χ2n) is 9.07. The number of esters is 2. The topological polar surface area (TPSA) is 87.5 Å². The summed E-state index contributed by atoms with van der Waals surface area (Å²) in [5, 5.41) is 0.945. The van der Waals surface area contributed by atoms with Crippen molar-refractivity contribution >= 4 is 22.8 Å². The first kappa shape index (κ1) is 23.0. The van der Waals surface area contributed by atoms with E-state index in [9.17, 15) is 23.2 Å². The minimum atomic E-state index is -2.68. The third-order valence-electron chi connectivity index (χ3n) is 7.05. The maximum Gasteiger partial charge on any atom is 0.355 e. The van der Waals surface area contributed by atoms with Gasteiger partial charge in [-0.05, 0) is 36.8 Å². The number of para-hydroxylation sites is 1. The molecule has 0 amide bonds. The molecule has 4 aromatic rings. The van der Waals surface area contributed by atoms with Crippen LogP contribution in [-0.4, -0.2) is 21.5 Å². The van der Waals surface area contributed by atoms with Gasteiger partial charge in [0.05, 0.1) is 34.6 Å². The lowest BCUT2D eigenvalue weighted by atomic mass is 9.85. The molecule has 2 aromatic carbocycles. The molecule has 0 aliphatic carbocycles. The third-order valence-corrected chi connectivity index (χ3v) is 7.05. The number of halogens is 2. The molecule has 4 heterocycles. The highest BCUT2D eigenvalue weighted by Crippen LogP contribution is 2.41. The molecule has 0 N–H and O–H groups in total. The molecule has 9 heteroatoms. The van der Waals surface area contributed by atoms with Crippen LogP contribution < -0.4 is 5.56 Å². The summed E-state index contributed by atoms with van der Waals surface area (Å²) < 4.78 is 38.5. The molecule has 0 unspecified atom stereocenters. The molecular weight excluding hydrogens is 482 g/mol. The molecular formula is C28H20F2N2O5. The molecule has 1 atom stereocenters. The van der Waals surface area contributed by atoms with Crippen LogP contribution in [0.15, 0.2) is 65.5 Å². The van der Waals surface area contributed by atoms with Gasteiger partial charge in [0.1, 0.15) is 6.61 Å². The fourth-order valence-electron chi connectivity index (χ4n) is 5.06. The number of ether oxygens (including phenoxy) is 2. The predicted octanol–water partition coefficient (Wildman–Crippen LogP) is 4.88. The molecule has 2 aliphatic rings. The molecule has 2 aromatic heterocycles. The molecule has 186 valence electrons. The molecule has 0 bridgehead atoms. The number of fused-ring (bicyclic) bond motifs is 5. The molecule has 0 radical (unpaired) electrons. The van der Waals surface area contributed by atoms with Gasteiger partial charge in [-0.3, -0.25) is 4.79 Å². The summed E-state index contributed by atoms with van der Waals surface area (Å²) in [4.78, 5) is 44.5. The molecule has 0 spiro atoms. The average Bonchev–Trinajstić information content (AvgIpc) is 3.27. The van der Waals surface area contributed by atoms with Crippen LogP contribution in [0, 0.1) is 0 Å². The zero-order valence-corrected chi connectivity index (χ0v) is 19.7. The Hall–Kier alpha value is -4.40. The van der Waals surface area contributed by atoms with E-state index in [1.54, 1.807) is 17.6 Å². The van der Waals surface area contributed by atoms with Crippen LogP contribution in [0.25, 0.3) is 22.3 Å². The number of pyridine rings is 2. The van der Waals surface area contributed by atoms with Gasteiger partial charge in [0.25, 0.3) is 12.0 Å². The van der Waals surface area contributed by atoms with Gasteiger partial charge in [0, 0.05) is 22.1 Å². The van der Waals surface area contributed by atoms with Gasteiger partial charge in [-0.15, -0.1) is 0 Å². The maximum absolute atomic E-state index is 13.6. The van der Waals surface area contributed by atoms with Crippen molar-refractivity contribution in [1.29, 1.82) is 0 Å². The first-order valence-electron chi connectivity index (χ1n) is 11.8. The second kappa shape index (κ2) is 8.33. The first-order chi connectivity index (χ1) is 17.8. The smallest absolute Gasteiger partial charge is 0.355 e. The monoisotopic (exact) mass is 502 g/mol. The molecule has 0 fully saturated rings. The highest BCUT2D eigenvalue weighted by molar-refractivity contribution is 5.94. The van der Waals surface area contributed by atoms with Gasteiger partial charge in [-0.25, -0.2) is 23.4 Å². The van der Waals surface area contributed by atoms with Crippen molar-refractivity contribution in [3.05, 3.63) is 98.8 Å². The lowest BCUT2D eigenvalue weighted by Crippen LogP contribution is -2.47. The van der Waals surface area contributed by atoms with E-state index in [4.69, 9.17) is 14.5 Å². The summed E-state index contributed by atoms with van der Waals surface area (Å²) in [6.07, 6.45) is -2.68. The molecule has 0 saturated carbocycles. The summed E-state index contributed by atoms with van der Waals surface area (Å²) in [5.41, 5.74) is 0.776. The van der Waals surface area contributed by atoms with Gasteiger partial charge < -0.3 is 14.0 Å². The van der Waals surface area contributed by atoms with Crippen molar-refractivity contribution in [2.75, 3.05) is 0 Å². The Bertz CT molecular complexity index is 1660. The number of aromatic nitrogens is 2. The highest BCUT2D eigenvalue weighted by Gasteiger charge is 2.50. The average molecular weight is 502 g/mol. The minimum absolute atomic E-state index is 0.000586. The first-order valence-corrected chi connectivity index (χ1v) is 11.8. The number of benzene rings is 2. The van der Waals surface area contributed by atoms with Crippen LogP contribution in [0.4, 0.5) is 8.78 Å². The number of carbonyl (C=O) groups excluding carboxylic acids is 2. The zero-order chi connectivity index (χ0) is 25.9. The minimum Gasteiger partial charge on any atom is -0.457 e. The van der Waals surface area contributed by atoms with Crippen molar-refractivity contribution in [3.8, 4) is 11.4 Å². The van der Waals surface area contributed by atoms with Crippen LogP contribution >= 0.6 is 0 Å². The number of nitrogens with zero attached hydrogens (tertiary/aromatic N) is 2. The maximum atomic E-state index is 13.6. The summed E-state index contributed by atoms with van der Waals surface area (Å²) in [5.74, 6) is -1.69. The lowest BCUT2D eigenvalue weighted by molar-refractivity contribution is -0.173. The van der Waals surface area contributed by atoms with Crippen LogP contribution in [0.1, 0.15) is 52.4 Å². The molecule has 2 aliphatic heterocycles. The number of hydrogen-bond donors (Lipinski definition) is 0. The Labute approximate surface area is 209 Å². The fraction of sp³-hybridized carbons (Fsp3) is 0.214. The van der Waals surface area contributed by atoms with Gasteiger partial charge in [-0.1, -0.05) is 37.3 Å². The third kappa shape index (κ3) is 3.45. The van der Waals surface area contributed by atoms with E-state index in [2.05, 4.69) is 0 Å². The zero-order valence-electron chi connectivity index (χ0n) is 19.7. The SMILES string of the molecule is CC[C@@]1(OC(=O)c2ccc(C(F)F)cc2)C(=O)OCc2c1cc1n(c2=O)Cc2cc3ccccc3nc2-1. The van der Waals surface area contributed by atoms with E-state index in [0.29, 0.717) is 17.9 Å². The van der Waals surface area contributed by atoms with Gasteiger partial charge >= 0.3 is 11.9 Å². The second-order valence-corrected chi connectivity index (χ2v) is 9.07. The van der Waals surface area contributed by atoms with Crippen molar-refractivity contribution in [2.24, 2.45) is 0 Å². The molecule has 37 heavy (non-hydrogen) atoms. The Morgan fingerprint density at radius 3 is 2.62 bits per heavy atom. The van der Waals surface area contributed by atoms with Crippen LogP contribution in [-0.2, 0) is 33.0 Å².